The first-order valence-electron chi connectivity index (χ1n) is 9.08. The van der Waals surface area contributed by atoms with Gasteiger partial charge in [-0.25, -0.2) is 4.79 Å². The minimum absolute atomic E-state index is 0.0504. The molecular formula is C18H35N3O4. The lowest BCUT2D eigenvalue weighted by molar-refractivity contribution is -0.156. The maximum Gasteiger partial charge on any atom is 0.410 e. The lowest BCUT2D eigenvalue weighted by atomic mass is 10.0. The molecule has 1 aliphatic rings. The van der Waals surface area contributed by atoms with Crippen LogP contribution in [-0.2, 0) is 14.3 Å². The van der Waals surface area contributed by atoms with Crippen molar-refractivity contribution in [2.75, 3.05) is 19.6 Å². The van der Waals surface area contributed by atoms with Gasteiger partial charge in [-0.05, 0) is 60.8 Å². The number of piperazine rings is 1. The zero-order valence-corrected chi connectivity index (χ0v) is 16.6. The van der Waals surface area contributed by atoms with E-state index in [0.29, 0.717) is 13.0 Å². The number of nitrogens with two attached hydrogens (primary N) is 1. The zero-order valence-electron chi connectivity index (χ0n) is 16.6. The highest BCUT2D eigenvalue weighted by Gasteiger charge is 2.30. The molecule has 146 valence electrons. The van der Waals surface area contributed by atoms with Gasteiger partial charge in [-0.15, -0.1) is 0 Å². The van der Waals surface area contributed by atoms with Crippen molar-refractivity contribution >= 4 is 12.1 Å². The summed E-state index contributed by atoms with van der Waals surface area (Å²) < 4.78 is 10.8. The number of amides is 1. The van der Waals surface area contributed by atoms with Crippen molar-refractivity contribution in [1.82, 2.24) is 10.2 Å². The molecule has 1 saturated heterocycles. The normalized spacial score (nSPS) is 20.1. The van der Waals surface area contributed by atoms with Crippen molar-refractivity contribution in [1.29, 1.82) is 0 Å². The summed E-state index contributed by atoms with van der Waals surface area (Å²) in [5.74, 6) is -0.377. The molecule has 1 amide bonds. The molecule has 1 fully saturated rings. The molecule has 1 rings (SSSR count). The number of rotatable bonds is 5. The third kappa shape index (κ3) is 8.54. The van der Waals surface area contributed by atoms with Crippen molar-refractivity contribution in [3.05, 3.63) is 0 Å². The fraction of sp³-hybridized carbons (Fsp3) is 0.889. The van der Waals surface area contributed by atoms with E-state index in [1.54, 1.807) is 4.90 Å². The van der Waals surface area contributed by atoms with Crippen LogP contribution in [0.25, 0.3) is 0 Å². The predicted molar refractivity (Wildman–Crippen MR) is 97.3 cm³/mol. The Balaban J connectivity index is 2.48. The van der Waals surface area contributed by atoms with E-state index in [0.717, 1.165) is 25.9 Å². The summed E-state index contributed by atoms with van der Waals surface area (Å²) in [5.41, 5.74) is 4.88. The van der Waals surface area contributed by atoms with Crippen LogP contribution in [0.15, 0.2) is 0 Å². The molecular weight excluding hydrogens is 322 g/mol. The summed E-state index contributed by atoms with van der Waals surface area (Å²) in [6.07, 6.45) is 1.76. The van der Waals surface area contributed by atoms with Crippen molar-refractivity contribution in [3.63, 3.8) is 0 Å². The fourth-order valence-electron chi connectivity index (χ4n) is 2.65. The molecule has 7 nitrogen and oxygen atoms in total. The highest BCUT2D eigenvalue weighted by molar-refractivity contribution is 5.75. The monoisotopic (exact) mass is 357 g/mol. The van der Waals surface area contributed by atoms with E-state index in [9.17, 15) is 9.59 Å². The third-order valence-corrected chi connectivity index (χ3v) is 3.74. The molecule has 1 aliphatic heterocycles. The number of nitrogens with one attached hydrogen (secondary N) is 1. The van der Waals surface area contributed by atoms with Gasteiger partial charge >= 0.3 is 12.1 Å². The molecule has 25 heavy (non-hydrogen) atoms. The highest BCUT2D eigenvalue weighted by atomic mass is 16.6. The first-order chi connectivity index (χ1) is 11.4. The summed E-state index contributed by atoms with van der Waals surface area (Å²) >= 11 is 0. The molecule has 2 atom stereocenters. The molecule has 0 aromatic rings. The SMILES string of the molecule is CC(C)(C)OC(=O)C(N)CCC[C@H]1CNCCN1C(=O)OC(C)(C)C. The van der Waals surface area contributed by atoms with Crippen molar-refractivity contribution in [3.8, 4) is 0 Å². The Kier molecular flexibility index (Phi) is 7.68. The van der Waals surface area contributed by atoms with Crippen molar-refractivity contribution in [2.45, 2.75) is 84.1 Å². The highest BCUT2D eigenvalue weighted by Crippen LogP contribution is 2.17. The minimum Gasteiger partial charge on any atom is -0.459 e. The zero-order chi connectivity index (χ0) is 19.3. The first kappa shape index (κ1) is 21.7. The van der Waals surface area contributed by atoms with Gasteiger partial charge < -0.3 is 25.4 Å². The molecule has 1 heterocycles. The Hall–Kier alpha value is -1.34. The van der Waals surface area contributed by atoms with Gasteiger partial charge in [0.05, 0.1) is 0 Å². The lowest BCUT2D eigenvalue weighted by Gasteiger charge is -2.37. The summed E-state index contributed by atoms with van der Waals surface area (Å²) in [7, 11) is 0. The minimum atomic E-state index is -0.634. The molecule has 0 bridgehead atoms. The topological polar surface area (TPSA) is 93.9 Å². The van der Waals surface area contributed by atoms with E-state index in [1.807, 2.05) is 41.5 Å². The lowest BCUT2D eigenvalue weighted by Crippen LogP contribution is -2.54. The second-order valence-electron chi connectivity index (χ2n) is 8.60. The average molecular weight is 357 g/mol. The molecule has 0 aliphatic carbocycles. The van der Waals surface area contributed by atoms with E-state index in [-0.39, 0.29) is 18.1 Å². The van der Waals surface area contributed by atoms with Gasteiger partial charge in [0.1, 0.15) is 17.2 Å². The second kappa shape index (κ2) is 8.85. The first-order valence-corrected chi connectivity index (χ1v) is 9.08. The molecule has 0 spiro atoms. The summed E-state index contributed by atoms with van der Waals surface area (Å²) in [6, 6.07) is -0.583. The van der Waals surface area contributed by atoms with Crippen LogP contribution < -0.4 is 11.1 Å². The van der Waals surface area contributed by atoms with Crippen molar-refractivity contribution in [2.24, 2.45) is 5.73 Å². The van der Waals surface area contributed by atoms with Crippen LogP contribution in [0.4, 0.5) is 4.79 Å². The Morgan fingerprint density at radius 2 is 1.76 bits per heavy atom. The number of carbonyl (C=O) groups excluding carboxylic acids is 2. The largest absolute Gasteiger partial charge is 0.459 e. The molecule has 0 radical (unpaired) electrons. The summed E-state index contributed by atoms with van der Waals surface area (Å²) in [5, 5.41) is 3.30. The standard InChI is InChI=1S/C18H35N3O4/c1-17(2,3)24-15(22)14(19)9-7-8-13-12-20-10-11-21(13)16(23)25-18(4,5)6/h13-14,20H,7-12,19H2,1-6H3/t13-,14?/m0/s1. The maximum atomic E-state index is 12.4. The van der Waals surface area contributed by atoms with Crippen LogP contribution in [0.1, 0.15) is 60.8 Å². The molecule has 3 N–H and O–H groups in total. The van der Waals surface area contributed by atoms with Gasteiger partial charge in [-0.2, -0.15) is 0 Å². The second-order valence-corrected chi connectivity index (χ2v) is 8.60. The Bertz CT molecular complexity index is 454. The number of ether oxygens (including phenoxy) is 2. The van der Waals surface area contributed by atoms with Gasteiger partial charge in [0, 0.05) is 25.7 Å². The summed E-state index contributed by atoms with van der Waals surface area (Å²) in [4.78, 5) is 26.1. The Morgan fingerprint density at radius 3 is 2.32 bits per heavy atom. The Morgan fingerprint density at radius 1 is 1.16 bits per heavy atom. The van der Waals surface area contributed by atoms with Crippen LogP contribution in [0.5, 0.6) is 0 Å². The molecule has 7 heteroatoms. The molecule has 0 aromatic carbocycles. The number of nitrogens with zero attached hydrogens (tertiary/aromatic N) is 1. The molecule has 1 unspecified atom stereocenters. The average Bonchev–Trinajstić information content (AvgIpc) is 2.44. The number of carbonyl (C=O) groups is 2. The van der Waals surface area contributed by atoms with Crippen LogP contribution in [0.3, 0.4) is 0 Å². The van der Waals surface area contributed by atoms with Crippen molar-refractivity contribution < 1.29 is 19.1 Å². The summed E-state index contributed by atoms with van der Waals surface area (Å²) in [6.45, 7) is 13.2. The third-order valence-electron chi connectivity index (χ3n) is 3.74. The van der Waals surface area contributed by atoms with Crippen LogP contribution in [0, 0.1) is 0 Å². The number of hydrogen-bond acceptors (Lipinski definition) is 6. The van der Waals surface area contributed by atoms with Gasteiger partial charge in [-0.1, -0.05) is 0 Å². The smallest absolute Gasteiger partial charge is 0.410 e. The maximum absolute atomic E-state index is 12.4. The van der Waals surface area contributed by atoms with Gasteiger partial charge in [-0.3, -0.25) is 4.79 Å². The van der Waals surface area contributed by atoms with Crippen LogP contribution in [0.2, 0.25) is 0 Å². The molecule has 0 saturated carbocycles. The number of esters is 1. The van der Waals surface area contributed by atoms with E-state index >= 15 is 0 Å². The van der Waals surface area contributed by atoms with Crippen LogP contribution >= 0.6 is 0 Å². The van der Waals surface area contributed by atoms with E-state index < -0.39 is 17.2 Å². The predicted octanol–water partition coefficient (Wildman–Crippen LogP) is 2.03. The van der Waals surface area contributed by atoms with Crippen LogP contribution in [-0.4, -0.2) is 59.9 Å². The fourth-order valence-corrected chi connectivity index (χ4v) is 2.65. The molecule has 0 aromatic heterocycles. The van der Waals surface area contributed by atoms with E-state index in [1.165, 1.54) is 0 Å². The van der Waals surface area contributed by atoms with E-state index in [2.05, 4.69) is 5.32 Å². The van der Waals surface area contributed by atoms with Gasteiger partial charge in [0.2, 0.25) is 0 Å². The quantitative estimate of drug-likeness (QED) is 0.731. The number of hydrogen-bond donors (Lipinski definition) is 2. The van der Waals surface area contributed by atoms with Gasteiger partial charge in [0.25, 0.3) is 0 Å². The van der Waals surface area contributed by atoms with Gasteiger partial charge in [0.15, 0.2) is 0 Å². The Labute approximate surface area is 151 Å². The van der Waals surface area contributed by atoms with E-state index in [4.69, 9.17) is 15.2 Å².